The lowest BCUT2D eigenvalue weighted by Crippen LogP contribution is -2.61. The second-order valence-electron chi connectivity index (χ2n) is 22.8. The molecule has 3 aromatic rings. The Kier molecular flexibility index (Phi) is 21.6. The Balaban J connectivity index is 1.09. The van der Waals surface area contributed by atoms with E-state index in [9.17, 15) is 43.7 Å². The van der Waals surface area contributed by atoms with E-state index in [2.05, 4.69) is 21.3 Å². The molecule has 0 unspecified atom stereocenters. The second-order valence-corrected chi connectivity index (χ2v) is 22.8. The first kappa shape index (κ1) is 62.1. The minimum absolute atomic E-state index is 0.0468. The molecule has 0 radical (unpaired) electrons. The van der Waals surface area contributed by atoms with E-state index in [1.807, 2.05) is 58.0 Å². The van der Waals surface area contributed by atoms with Crippen molar-refractivity contribution in [2.24, 2.45) is 23.7 Å². The van der Waals surface area contributed by atoms with E-state index in [1.54, 1.807) is 73.7 Å². The molecular weight excluding hydrogens is 1030 g/mol. The van der Waals surface area contributed by atoms with Crippen LogP contribution >= 0.6 is 0 Å². The zero-order chi connectivity index (χ0) is 58.6. The number of ether oxygens (including phenoxy) is 4. The van der Waals surface area contributed by atoms with Gasteiger partial charge in [-0.15, -0.1) is 0 Å². The van der Waals surface area contributed by atoms with Crippen LogP contribution < -0.4 is 26.0 Å². The minimum atomic E-state index is -1.02. The van der Waals surface area contributed by atoms with Gasteiger partial charge in [0.25, 0.3) is 5.69 Å². The van der Waals surface area contributed by atoms with Crippen LogP contribution in [0.25, 0.3) is 0 Å². The smallest absolute Gasteiger partial charge is 0.412 e. The fourth-order valence-electron chi connectivity index (χ4n) is 11.4. The van der Waals surface area contributed by atoms with Crippen LogP contribution in [0.2, 0.25) is 0 Å². The lowest BCUT2D eigenvalue weighted by Gasteiger charge is -2.41. The number of piperidine rings is 1. The van der Waals surface area contributed by atoms with Crippen molar-refractivity contribution in [1.82, 2.24) is 30.7 Å². The van der Waals surface area contributed by atoms with Gasteiger partial charge in [0.1, 0.15) is 29.5 Å². The highest BCUT2D eigenvalue weighted by Crippen LogP contribution is 2.43. The van der Waals surface area contributed by atoms with Gasteiger partial charge in [-0.2, -0.15) is 0 Å². The van der Waals surface area contributed by atoms with E-state index in [0.29, 0.717) is 43.5 Å². The van der Waals surface area contributed by atoms with Gasteiger partial charge in [-0.3, -0.25) is 39.0 Å². The lowest BCUT2D eigenvalue weighted by molar-refractivity contribution is -0.384. The van der Waals surface area contributed by atoms with Crippen LogP contribution in [0.3, 0.4) is 0 Å². The van der Waals surface area contributed by atoms with Crippen LogP contribution in [0.4, 0.5) is 21.0 Å². The third-order valence-corrected chi connectivity index (χ3v) is 15.8. The predicted octanol–water partition coefficient (Wildman–Crippen LogP) is 7.40. The van der Waals surface area contributed by atoms with Crippen LogP contribution in [0.1, 0.15) is 111 Å². The van der Waals surface area contributed by atoms with Gasteiger partial charge in [-0.25, -0.2) is 9.59 Å². The Morgan fingerprint density at radius 2 is 1.51 bits per heavy atom. The van der Waals surface area contributed by atoms with E-state index >= 15 is 0 Å². The van der Waals surface area contributed by atoms with Gasteiger partial charge < -0.3 is 50.0 Å². The van der Waals surface area contributed by atoms with Crippen LogP contribution in [-0.4, -0.2) is 143 Å². The van der Waals surface area contributed by atoms with Gasteiger partial charge in [-0.05, 0) is 106 Å². The first-order valence-electron chi connectivity index (χ1n) is 27.8. The SMILES string of the molecule is CC[C@H](C)[C@@H]([C@@H](CC(=O)N1CCC[C@H]1[C@H](OC)[C@@H](C)C(=O)N[C@@H](Cc1ccccc1)C(=O)Nc1ccc(CNC(=O)Oc2ccc([N+](=O)[O-])cc2)cc1)OC)N(C)C(=O)[C@@H](NC(=O)[C@@H]1[C@H]2CC[C@H](C2)N1C(=O)OC(C)(C)C)C(C)C. The Morgan fingerprint density at radius 3 is 2.11 bits per heavy atom. The maximum absolute atomic E-state index is 14.7. The molecule has 1 saturated carbocycles. The van der Waals surface area contributed by atoms with Crippen molar-refractivity contribution in [1.29, 1.82) is 0 Å². The lowest BCUT2D eigenvalue weighted by atomic mass is 9.89. The van der Waals surface area contributed by atoms with E-state index in [-0.39, 0.29) is 66.4 Å². The molecule has 2 saturated heterocycles. The summed E-state index contributed by atoms with van der Waals surface area (Å²) in [6, 6.07) is 17.2. The number of likely N-dealkylation sites (N-methyl/N-ethyl adjacent to an activating group) is 1. The zero-order valence-corrected chi connectivity index (χ0v) is 48.1. The summed E-state index contributed by atoms with van der Waals surface area (Å²) in [7, 11) is 4.70. The van der Waals surface area contributed by atoms with E-state index in [1.165, 1.54) is 38.5 Å². The van der Waals surface area contributed by atoms with Crippen LogP contribution in [0, 0.1) is 33.8 Å². The number of amides is 7. The molecular formula is C59H82N8O13. The number of nitrogens with zero attached hydrogens (tertiary/aromatic N) is 4. The molecule has 436 valence electrons. The van der Waals surface area contributed by atoms with Gasteiger partial charge in [0.2, 0.25) is 29.5 Å². The molecule has 3 aliphatic rings. The van der Waals surface area contributed by atoms with E-state index in [4.69, 9.17) is 18.9 Å². The Morgan fingerprint density at radius 1 is 0.838 bits per heavy atom. The van der Waals surface area contributed by atoms with E-state index in [0.717, 1.165) is 18.4 Å². The Bertz CT molecular complexity index is 2630. The minimum Gasteiger partial charge on any atom is -0.444 e. The molecule has 21 nitrogen and oxygen atoms in total. The molecule has 0 spiro atoms. The zero-order valence-electron chi connectivity index (χ0n) is 48.1. The van der Waals surface area contributed by atoms with Gasteiger partial charge >= 0.3 is 12.2 Å². The third kappa shape index (κ3) is 15.8. The first-order valence-corrected chi connectivity index (χ1v) is 27.8. The molecule has 21 heteroatoms. The van der Waals surface area contributed by atoms with Crippen LogP contribution in [0.5, 0.6) is 5.75 Å². The summed E-state index contributed by atoms with van der Waals surface area (Å²) in [6.45, 7) is 15.3. The highest BCUT2D eigenvalue weighted by Gasteiger charge is 2.53. The van der Waals surface area contributed by atoms with Crippen molar-refractivity contribution in [3.63, 3.8) is 0 Å². The highest BCUT2D eigenvalue weighted by atomic mass is 16.6. The summed E-state index contributed by atoms with van der Waals surface area (Å²) in [4.78, 5) is 113. The molecule has 2 bridgehead atoms. The van der Waals surface area contributed by atoms with E-state index < -0.39 is 88.8 Å². The van der Waals surface area contributed by atoms with Gasteiger partial charge in [0.15, 0.2) is 0 Å². The molecule has 11 atom stereocenters. The number of anilines is 1. The van der Waals surface area contributed by atoms with Crippen molar-refractivity contribution in [2.45, 2.75) is 167 Å². The van der Waals surface area contributed by atoms with Crippen molar-refractivity contribution < 1.29 is 57.4 Å². The maximum atomic E-state index is 14.7. The summed E-state index contributed by atoms with van der Waals surface area (Å²) in [5, 5.41) is 22.5. The molecule has 7 amide bonds. The topological polar surface area (TPSA) is 257 Å². The number of benzene rings is 3. The standard InChI is InChI=1S/C59H82N8O13/c1-12-36(4)50(64(9)56(72)49(35(2)3)63-55(71)51-40-22-25-43(32-40)66(51)58(74)80-59(6,7)8)47(77-10)33-48(68)65-30-16-19-46(65)52(78-11)37(5)53(69)62-45(31-38-17-14-13-15-18-38)54(70)61-41-23-20-39(21-24-41)34-60-57(73)79-44-28-26-42(27-29-44)67(75)76/h13-15,17-18,20-21,23-24,26-29,35-37,40,43,45-47,49-52H,12,16,19,22,25,30-34H2,1-11H3,(H,60,73)(H,61,70)(H,62,69)(H,63,71)/t36-,37+,40-,43+,45-,46-,47+,49-,50-,51-,52+/m0/s1. The summed E-state index contributed by atoms with van der Waals surface area (Å²) in [5.74, 6) is -3.10. The fraction of sp³-hybridized carbons (Fsp3) is 0.576. The normalized spacial score (nSPS) is 20.4. The van der Waals surface area contributed by atoms with Gasteiger partial charge in [-0.1, -0.05) is 83.5 Å². The van der Waals surface area contributed by atoms with Crippen molar-refractivity contribution in [2.75, 3.05) is 33.1 Å². The molecule has 80 heavy (non-hydrogen) atoms. The predicted molar refractivity (Wildman–Crippen MR) is 299 cm³/mol. The maximum Gasteiger partial charge on any atom is 0.412 e. The molecule has 2 aliphatic heterocycles. The Labute approximate surface area is 469 Å². The summed E-state index contributed by atoms with van der Waals surface area (Å²) in [5.41, 5.74) is 1.04. The number of nitrogens with one attached hydrogen (secondary N) is 4. The summed E-state index contributed by atoms with van der Waals surface area (Å²) < 4.78 is 23.1. The number of carbonyl (C=O) groups excluding carboxylic acids is 7. The number of nitro benzene ring substituents is 1. The monoisotopic (exact) mass is 1110 g/mol. The molecule has 0 aromatic heterocycles. The largest absolute Gasteiger partial charge is 0.444 e. The van der Waals surface area contributed by atoms with Crippen molar-refractivity contribution in [3.05, 3.63) is 100 Å². The fourth-order valence-corrected chi connectivity index (χ4v) is 11.4. The number of hydrogen-bond acceptors (Lipinski definition) is 13. The molecule has 4 N–H and O–H groups in total. The summed E-state index contributed by atoms with van der Waals surface area (Å²) >= 11 is 0. The molecule has 2 heterocycles. The molecule has 1 aliphatic carbocycles. The third-order valence-electron chi connectivity index (χ3n) is 15.8. The van der Waals surface area contributed by atoms with Crippen molar-refractivity contribution in [3.8, 4) is 5.75 Å². The number of methoxy groups -OCH3 is 2. The first-order chi connectivity index (χ1) is 37.9. The average molecular weight is 1110 g/mol. The number of likely N-dealkylation sites (tertiary alicyclic amines) is 2. The summed E-state index contributed by atoms with van der Waals surface area (Å²) in [6.07, 6.45) is 1.40. The van der Waals surface area contributed by atoms with Gasteiger partial charge in [0.05, 0.1) is 41.6 Å². The number of fused-ring (bicyclic) bond motifs is 2. The van der Waals surface area contributed by atoms with Gasteiger partial charge in [0, 0.05) is 64.6 Å². The number of nitro groups is 1. The molecule has 3 fully saturated rings. The molecule has 3 aromatic carbocycles. The number of carbonyl (C=O) groups is 7. The number of rotatable bonds is 24. The second kappa shape index (κ2) is 27.8. The van der Waals surface area contributed by atoms with Crippen LogP contribution in [-0.2, 0) is 51.1 Å². The van der Waals surface area contributed by atoms with Crippen molar-refractivity contribution >= 4 is 53.1 Å². The number of non-ortho nitro benzene ring substituents is 1. The van der Waals surface area contributed by atoms with Crippen LogP contribution in [0.15, 0.2) is 78.9 Å². The quantitative estimate of drug-likeness (QED) is 0.0504. The number of hydrogen-bond donors (Lipinski definition) is 4. The molecule has 6 rings (SSSR count). The average Bonchev–Trinajstić information content (AvgIpc) is 4.25. The Hall–Kier alpha value is -7.13. The highest BCUT2D eigenvalue weighted by molar-refractivity contribution is 5.98.